The molecule has 3 N–H and O–H groups in total. The third kappa shape index (κ3) is 6.06. The van der Waals surface area contributed by atoms with E-state index in [1.807, 2.05) is 13.8 Å². The molecule has 7 heteroatoms. The second-order valence-electron chi connectivity index (χ2n) is 7.12. The maximum absolute atomic E-state index is 12.5. The van der Waals surface area contributed by atoms with Gasteiger partial charge in [-0.25, -0.2) is 4.79 Å². The summed E-state index contributed by atoms with van der Waals surface area (Å²) in [6.45, 7) is 6.98. The zero-order chi connectivity index (χ0) is 19.9. The van der Waals surface area contributed by atoms with E-state index < -0.39 is 23.3 Å². The lowest BCUT2D eigenvalue weighted by Gasteiger charge is -2.24. The van der Waals surface area contributed by atoms with Crippen LogP contribution in [0.25, 0.3) is 0 Å². The van der Waals surface area contributed by atoms with Gasteiger partial charge >= 0.3 is 5.97 Å². The van der Waals surface area contributed by atoms with Crippen LogP contribution in [0, 0.1) is 5.92 Å². The van der Waals surface area contributed by atoms with E-state index in [2.05, 4.69) is 10.6 Å². The Morgan fingerprint density at radius 1 is 1.15 bits per heavy atom. The van der Waals surface area contributed by atoms with Gasteiger partial charge in [0.2, 0.25) is 11.8 Å². The van der Waals surface area contributed by atoms with Crippen molar-refractivity contribution in [3.63, 3.8) is 0 Å². The number of hydrogen-bond acceptors (Lipinski definition) is 4. The van der Waals surface area contributed by atoms with E-state index in [0.717, 1.165) is 5.56 Å². The van der Waals surface area contributed by atoms with Crippen molar-refractivity contribution in [1.29, 1.82) is 0 Å². The molecule has 0 bridgehead atoms. The third-order valence-corrected chi connectivity index (χ3v) is 4.13. The monoisotopic (exact) mass is 364 g/mol. The highest BCUT2D eigenvalue weighted by Gasteiger charge is 2.30. The first kappa shape index (κ1) is 21.5. The van der Waals surface area contributed by atoms with Crippen LogP contribution in [0.1, 0.15) is 39.7 Å². The first-order valence-electron chi connectivity index (χ1n) is 8.53. The van der Waals surface area contributed by atoms with E-state index in [9.17, 15) is 14.4 Å². The van der Waals surface area contributed by atoms with Crippen molar-refractivity contribution in [2.24, 2.45) is 5.92 Å². The fourth-order valence-electron chi connectivity index (χ4n) is 2.46. The van der Waals surface area contributed by atoms with Gasteiger partial charge in [0.15, 0.2) is 0 Å². The van der Waals surface area contributed by atoms with Gasteiger partial charge in [-0.1, -0.05) is 26.0 Å². The molecular weight excluding hydrogens is 336 g/mol. The molecule has 0 fully saturated rings. The molecule has 0 saturated carbocycles. The molecule has 2 amide bonds. The van der Waals surface area contributed by atoms with Crippen LogP contribution in [0.4, 0.5) is 0 Å². The van der Waals surface area contributed by atoms with Crippen LogP contribution < -0.4 is 15.4 Å². The van der Waals surface area contributed by atoms with Gasteiger partial charge in [-0.05, 0) is 43.9 Å². The van der Waals surface area contributed by atoms with Crippen molar-refractivity contribution in [2.45, 2.75) is 45.6 Å². The molecule has 1 atom stereocenters. The molecule has 1 rings (SSSR count). The van der Waals surface area contributed by atoms with Gasteiger partial charge in [-0.2, -0.15) is 0 Å². The van der Waals surface area contributed by atoms with Crippen LogP contribution in [0.5, 0.6) is 5.75 Å². The van der Waals surface area contributed by atoms with Gasteiger partial charge < -0.3 is 20.5 Å². The number of benzene rings is 1. The van der Waals surface area contributed by atoms with Gasteiger partial charge in [0.05, 0.1) is 19.1 Å². The summed E-state index contributed by atoms with van der Waals surface area (Å²) in [6.07, 6.45) is 0.326. The van der Waals surface area contributed by atoms with E-state index >= 15 is 0 Å². The van der Waals surface area contributed by atoms with Crippen LogP contribution in [-0.2, 0) is 19.8 Å². The van der Waals surface area contributed by atoms with Crippen molar-refractivity contribution < 1.29 is 24.2 Å². The zero-order valence-electron chi connectivity index (χ0n) is 16.0. The highest BCUT2D eigenvalue weighted by atomic mass is 16.5. The van der Waals surface area contributed by atoms with E-state index in [4.69, 9.17) is 9.84 Å². The highest BCUT2D eigenvalue weighted by Crippen LogP contribution is 2.25. The van der Waals surface area contributed by atoms with Crippen LogP contribution in [-0.4, -0.2) is 42.6 Å². The minimum Gasteiger partial charge on any atom is -0.497 e. The molecule has 0 radical (unpaired) electrons. The molecule has 0 spiro atoms. The number of rotatable bonds is 9. The fourth-order valence-corrected chi connectivity index (χ4v) is 2.46. The predicted molar refractivity (Wildman–Crippen MR) is 98.1 cm³/mol. The predicted octanol–water partition coefficient (Wildman–Crippen LogP) is 1.70. The molecule has 144 valence electrons. The first-order valence-corrected chi connectivity index (χ1v) is 8.53. The maximum Gasteiger partial charge on any atom is 0.326 e. The van der Waals surface area contributed by atoms with Gasteiger partial charge in [-0.3, -0.25) is 9.59 Å². The lowest BCUT2D eigenvalue weighted by molar-refractivity contribution is -0.142. The van der Waals surface area contributed by atoms with E-state index in [0.29, 0.717) is 12.2 Å². The Balaban J connectivity index is 2.65. The Morgan fingerprint density at radius 3 is 2.19 bits per heavy atom. The minimum atomic E-state index is -1.09. The molecule has 26 heavy (non-hydrogen) atoms. The molecule has 0 aliphatic rings. The van der Waals surface area contributed by atoms with Gasteiger partial charge in [0.1, 0.15) is 11.8 Å². The molecule has 7 nitrogen and oxygen atoms in total. The number of amides is 2. The molecule has 0 aromatic heterocycles. The lowest BCUT2D eigenvalue weighted by Crippen LogP contribution is -2.48. The molecule has 0 heterocycles. The maximum atomic E-state index is 12.5. The van der Waals surface area contributed by atoms with Crippen LogP contribution in [0.3, 0.4) is 0 Å². The average molecular weight is 364 g/mol. The van der Waals surface area contributed by atoms with Gasteiger partial charge in [0.25, 0.3) is 0 Å². The zero-order valence-corrected chi connectivity index (χ0v) is 16.0. The summed E-state index contributed by atoms with van der Waals surface area (Å²) in [7, 11) is 1.56. The largest absolute Gasteiger partial charge is 0.497 e. The van der Waals surface area contributed by atoms with E-state index in [-0.39, 0.29) is 18.4 Å². The van der Waals surface area contributed by atoms with Crippen molar-refractivity contribution in [3.05, 3.63) is 29.8 Å². The summed E-state index contributed by atoms with van der Waals surface area (Å²) >= 11 is 0. The molecule has 0 saturated heterocycles. The van der Waals surface area contributed by atoms with Crippen molar-refractivity contribution in [1.82, 2.24) is 10.6 Å². The SMILES string of the molecule is COc1ccc(C(C)(C)C(=O)NCC(=O)N[C@@H](CC(C)C)C(=O)O)cc1. The Morgan fingerprint density at radius 2 is 1.73 bits per heavy atom. The number of hydrogen-bond donors (Lipinski definition) is 3. The second kappa shape index (κ2) is 9.22. The van der Waals surface area contributed by atoms with Crippen molar-refractivity contribution >= 4 is 17.8 Å². The average Bonchev–Trinajstić information content (AvgIpc) is 2.58. The molecule has 0 aliphatic carbocycles. The van der Waals surface area contributed by atoms with E-state index in [1.165, 1.54) is 0 Å². The van der Waals surface area contributed by atoms with Crippen molar-refractivity contribution in [3.8, 4) is 5.75 Å². The summed E-state index contributed by atoms with van der Waals surface area (Å²) < 4.78 is 5.10. The number of carboxylic acids is 1. The summed E-state index contributed by atoms with van der Waals surface area (Å²) in [5.74, 6) is -1.13. The van der Waals surface area contributed by atoms with Crippen molar-refractivity contribution in [2.75, 3.05) is 13.7 Å². The normalized spacial score (nSPS) is 12.4. The van der Waals surface area contributed by atoms with Crippen LogP contribution >= 0.6 is 0 Å². The molecular formula is C19H28N2O5. The highest BCUT2D eigenvalue weighted by molar-refractivity contribution is 5.92. The number of nitrogens with one attached hydrogen (secondary N) is 2. The van der Waals surface area contributed by atoms with E-state index in [1.54, 1.807) is 45.2 Å². The lowest BCUT2D eigenvalue weighted by atomic mass is 9.83. The minimum absolute atomic E-state index is 0.125. The van der Waals surface area contributed by atoms with Crippen LogP contribution in [0.15, 0.2) is 24.3 Å². The first-order chi connectivity index (χ1) is 12.1. The standard InChI is InChI=1S/C19H28N2O5/c1-12(2)10-15(17(23)24)21-16(22)11-20-18(25)19(3,4)13-6-8-14(26-5)9-7-13/h6-9,12,15H,10-11H2,1-5H3,(H,20,25)(H,21,22)(H,23,24)/t15-/m0/s1. The Kier molecular flexibility index (Phi) is 7.61. The third-order valence-electron chi connectivity index (χ3n) is 4.13. The second-order valence-corrected chi connectivity index (χ2v) is 7.12. The number of carbonyl (C=O) groups excluding carboxylic acids is 2. The van der Waals surface area contributed by atoms with Gasteiger partial charge in [-0.15, -0.1) is 0 Å². The molecule has 1 aromatic carbocycles. The Hall–Kier alpha value is -2.57. The summed E-state index contributed by atoms with van der Waals surface area (Å²) in [5, 5.41) is 14.2. The number of carbonyl (C=O) groups is 3. The summed E-state index contributed by atoms with van der Waals surface area (Å²) in [4.78, 5) is 35.7. The number of aliphatic carboxylic acids is 1. The quantitative estimate of drug-likeness (QED) is 0.619. The smallest absolute Gasteiger partial charge is 0.326 e. The summed E-state index contributed by atoms with van der Waals surface area (Å²) in [5.41, 5.74) is -0.0733. The fraction of sp³-hybridized carbons (Fsp3) is 0.526. The topological polar surface area (TPSA) is 105 Å². The molecule has 0 aliphatic heterocycles. The number of ether oxygens (including phenoxy) is 1. The Labute approximate surface area is 154 Å². The Bertz CT molecular complexity index is 638. The van der Waals surface area contributed by atoms with Gasteiger partial charge in [0, 0.05) is 0 Å². The number of carboxylic acid groups (broad SMARTS) is 1. The molecule has 0 unspecified atom stereocenters. The summed E-state index contributed by atoms with van der Waals surface area (Å²) in [6, 6.07) is 6.15. The van der Waals surface area contributed by atoms with Crippen LogP contribution in [0.2, 0.25) is 0 Å². The number of methoxy groups -OCH3 is 1. The molecule has 1 aromatic rings.